The van der Waals surface area contributed by atoms with Crippen LogP contribution in [0.4, 0.5) is 0 Å². The average molecular weight is 375 g/mol. The Labute approximate surface area is 162 Å². The molecule has 0 fully saturated rings. The first-order valence-electron chi connectivity index (χ1n) is 9.24. The summed E-state index contributed by atoms with van der Waals surface area (Å²) >= 11 is 0. The Morgan fingerprint density at radius 2 is 1.82 bits per heavy atom. The summed E-state index contributed by atoms with van der Waals surface area (Å²) in [7, 11) is 3.35. The number of aryl methyl sites for hydroxylation is 1. The van der Waals surface area contributed by atoms with Gasteiger partial charge in [0.2, 0.25) is 0 Å². The van der Waals surface area contributed by atoms with Gasteiger partial charge in [0.15, 0.2) is 0 Å². The van der Waals surface area contributed by atoms with Crippen molar-refractivity contribution in [2.24, 2.45) is 7.05 Å². The van der Waals surface area contributed by atoms with Crippen LogP contribution >= 0.6 is 0 Å². The SMILES string of the molecule is COC(=O)C1=C(c2c(-c3ccccc3)n(C)c3cc(C(=O)O)ccc23)CCC1. The van der Waals surface area contributed by atoms with E-state index >= 15 is 0 Å². The average Bonchev–Trinajstić information content (AvgIpc) is 3.30. The Balaban J connectivity index is 2.09. The topological polar surface area (TPSA) is 68.5 Å². The largest absolute Gasteiger partial charge is 0.478 e. The van der Waals surface area contributed by atoms with Gasteiger partial charge in [-0.3, -0.25) is 0 Å². The molecular weight excluding hydrogens is 354 g/mol. The summed E-state index contributed by atoms with van der Waals surface area (Å²) in [5.41, 5.74) is 5.80. The zero-order valence-corrected chi connectivity index (χ0v) is 15.9. The molecule has 0 atom stereocenters. The predicted molar refractivity (Wildman–Crippen MR) is 108 cm³/mol. The third-order valence-corrected chi connectivity index (χ3v) is 5.45. The molecule has 0 radical (unpaired) electrons. The summed E-state index contributed by atoms with van der Waals surface area (Å²) in [4.78, 5) is 23.8. The number of carbonyl (C=O) groups excluding carboxylic acids is 1. The highest BCUT2D eigenvalue weighted by molar-refractivity contribution is 6.08. The molecule has 0 saturated heterocycles. The third-order valence-electron chi connectivity index (χ3n) is 5.45. The number of carboxylic acids is 1. The number of rotatable bonds is 4. The molecule has 0 saturated carbocycles. The molecule has 1 aliphatic rings. The Bertz CT molecular complexity index is 1120. The lowest BCUT2D eigenvalue weighted by Gasteiger charge is -2.11. The molecule has 142 valence electrons. The molecule has 1 aliphatic carbocycles. The van der Waals surface area contributed by atoms with Crippen molar-refractivity contribution in [2.75, 3.05) is 7.11 Å². The van der Waals surface area contributed by atoms with Crippen molar-refractivity contribution in [1.29, 1.82) is 0 Å². The number of carbonyl (C=O) groups is 2. The van der Waals surface area contributed by atoms with E-state index in [2.05, 4.69) is 0 Å². The Morgan fingerprint density at radius 3 is 2.50 bits per heavy atom. The molecule has 4 rings (SSSR count). The molecule has 3 aromatic rings. The van der Waals surface area contributed by atoms with E-state index in [-0.39, 0.29) is 11.5 Å². The molecule has 1 N–H and O–H groups in total. The molecule has 0 unspecified atom stereocenters. The maximum Gasteiger partial charge on any atom is 0.335 e. The van der Waals surface area contributed by atoms with E-state index in [4.69, 9.17) is 4.74 Å². The maximum atomic E-state index is 12.4. The number of hydrogen-bond donors (Lipinski definition) is 1. The van der Waals surface area contributed by atoms with Gasteiger partial charge in [0.25, 0.3) is 0 Å². The minimum Gasteiger partial charge on any atom is -0.478 e. The first kappa shape index (κ1) is 18.0. The van der Waals surface area contributed by atoms with Crippen molar-refractivity contribution < 1.29 is 19.4 Å². The molecule has 0 spiro atoms. The number of methoxy groups -OCH3 is 1. The highest BCUT2D eigenvalue weighted by Crippen LogP contribution is 2.44. The van der Waals surface area contributed by atoms with Crippen molar-refractivity contribution in [3.8, 4) is 11.3 Å². The lowest BCUT2D eigenvalue weighted by molar-refractivity contribution is -0.136. The van der Waals surface area contributed by atoms with E-state index in [1.807, 2.05) is 48.0 Å². The van der Waals surface area contributed by atoms with Crippen molar-refractivity contribution in [3.63, 3.8) is 0 Å². The summed E-state index contributed by atoms with van der Waals surface area (Å²) in [6, 6.07) is 15.1. The van der Waals surface area contributed by atoms with Gasteiger partial charge in [-0.25, -0.2) is 9.59 Å². The lowest BCUT2D eigenvalue weighted by atomic mass is 9.95. The van der Waals surface area contributed by atoms with Crippen LogP contribution in [0.2, 0.25) is 0 Å². The van der Waals surface area contributed by atoms with Crippen LogP contribution in [0.25, 0.3) is 27.7 Å². The number of carboxylic acid groups (broad SMARTS) is 1. The van der Waals surface area contributed by atoms with Gasteiger partial charge in [0.05, 0.1) is 18.4 Å². The molecule has 1 aromatic heterocycles. The fourth-order valence-corrected chi connectivity index (χ4v) is 4.18. The summed E-state index contributed by atoms with van der Waals surface area (Å²) in [6.07, 6.45) is 2.39. The van der Waals surface area contributed by atoms with Gasteiger partial charge in [0.1, 0.15) is 0 Å². The molecule has 0 bridgehead atoms. The fraction of sp³-hybridized carbons (Fsp3) is 0.217. The van der Waals surface area contributed by atoms with Gasteiger partial charge in [0, 0.05) is 29.1 Å². The number of benzene rings is 2. The first-order chi connectivity index (χ1) is 13.5. The monoisotopic (exact) mass is 375 g/mol. The number of esters is 1. The van der Waals surface area contributed by atoms with Crippen LogP contribution in [0.5, 0.6) is 0 Å². The first-order valence-corrected chi connectivity index (χ1v) is 9.24. The van der Waals surface area contributed by atoms with Crippen molar-refractivity contribution in [3.05, 3.63) is 65.2 Å². The van der Waals surface area contributed by atoms with E-state index in [0.717, 1.165) is 51.7 Å². The van der Waals surface area contributed by atoms with Gasteiger partial charge < -0.3 is 14.4 Å². The summed E-state index contributed by atoms with van der Waals surface area (Å²) in [5, 5.41) is 10.4. The van der Waals surface area contributed by atoms with Crippen molar-refractivity contribution in [1.82, 2.24) is 4.57 Å². The van der Waals surface area contributed by atoms with E-state index in [9.17, 15) is 14.7 Å². The summed E-state index contributed by atoms with van der Waals surface area (Å²) < 4.78 is 7.04. The van der Waals surface area contributed by atoms with E-state index in [0.29, 0.717) is 6.42 Å². The van der Waals surface area contributed by atoms with E-state index < -0.39 is 5.97 Å². The predicted octanol–water partition coefficient (Wildman–Crippen LogP) is 4.65. The maximum absolute atomic E-state index is 12.4. The van der Waals surface area contributed by atoms with Crippen LogP contribution in [0.15, 0.2) is 54.1 Å². The quantitative estimate of drug-likeness (QED) is 0.674. The number of nitrogens with zero attached hydrogens (tertiary/aromatic N) is 1. The van der Waals surface area contributed by atoms with Gasteiger partial charge in [-0.05, 0) is 42.5 Å². The molecule has 0 aliphatic heterocycles. The zero-order valence-electron chi connectivity index (χ0n) is 15.9. The van der Waals surface area contributed by atoms with Crippen LogP contribution in [-0.2, 0) is 16.6 Å². The fourth-order valence-electron chi connectivity index (χ4n) is 4.18. The van der Waals surface area contributed by atoms with Gasteiger partial charge in [-0.1, -0.05) is 36.4 Å². The highest BCUT2D eigenvalue weighted by atomic mass is 16.5. The summed E-state index contributed by atoms with van der Waals surface area (Å²) in [6.45, 7) is 0. The Kier molecular flexibility index (Phi) is 4.51. The van der Waals surface area contributed by atoms with Crippen molar-refractivity contribution >= 4 is 28.4 Å². The third kappa shape index (κ3) is 2.80. The Morgan fingerprint density at radius 1 is 1.07 bits per heavy atom. The van der Waals surface area contributed by atoms with Gasteiger partial charge in [-0.2, -0.15) is 0 Å². The minimum absolute atomic E-state index is 0.243. The number of ether oxygens (including phenoxy) is 1. The molecular formula is C23H21NO4. The lowest BCUT2D eigenvalue weighted by Crippen LogP contribution is -2.04. The standard InChI is InChI=1S/C23H21NO4/c1-24-19-13-15(22(25)26)11-12-18(19)20(21(24)14-7-4-3-5-8-14)16-9-6-10-17(16)23(27)28-2/h3-5,7-8,11-13H,6,9-10H2,1-2H3,(H,25,26). The number of allylic oxidation sites excluding steroid dienone is 1. The second-order valence-corrected chi connectivity index (χ2v) is 6.99. The highest BCUT2D eigenvalue weighted by Gasteiger charge is 2.28. The van der Waals surface area contributed by atoms with Gasteiger partial charge >= 0.3 is 11.9 Å². The van der Waals surface area contributed by atoms with Crippen molar-refractivity contribution in [2.45, 2.75) is 19.3 Å². The van der Waals surface area contributed by atoms with Crippen LogP contribution in [0, 0.1) is 0 Å². The number of aromatic carboxylic acids is 1. The van der Waals surface area contributed by atoms with Crippen LogP contribution in [0.3, 0.4) is 0 Å². The molecule has 1 heterocycles. The number of hydrogen-bond acceptors (Lipinski definition) is 3. The smallest absolute Gasteiger partial charge is 0.335 e. The van der Waals surface area contributed by atoms with Crippen LogP contribution < -0.4 is 0 Å². The molecule has 0 amide bonds. The molecule has 28 heavy (non-hydrogen) atoms. The minimum atomic E-state index is -0.957. The molecule has 5 heteroatoms. The number of aromatic nitrogens is 1. The zero-order chi connectivity index (χ0) is 19.8. The molecule has 5 nitrogen and oxygen atoms in total. The van der Waals surface area contributed by atoms with E-state index in [1.54, 1.807) is 12.1 Å². The second kappa shape index (κ2) is 7.00. The molecule has 2 aromatic carbocycles. The van der Waals surface area contributed by atoms with Crippen LogP contribution in [-0.4, -0.2) is 28.7 Å². The normalized spacial score (nSPS) is 13.9. The van der Waals surface area contributed by atoms with E-state index in [1.165, 1.54) is 7.11 Å². The van der Waals surface area contributed by atoms with Gasteiger partial charge in [-0.15, -0.1) is 0 Å². The summed E-state index contributed by atoms with van der Waals surface area (Å²) in [5.74, 6) is -1.24. The second-order valence-electron chi connectivity index (χ2n) is 6.99. The van der Waals surface area contributed by atoms with Crippen LogP contribution in [0.1, 0.15) is 35.2 Å². The Hall–Kier alpha value is -3.34. The number of fused-ring (bicyclic) bond motifs is 1.